The Morgan fingerprint density at radius 3 is 2.67 bits per heavy atom. The van der Waals surface area contributed by atoms with Gasteiger partial charge >= 0.3 is 0 Å². The molecule has 2 heterocycles. The maximum absolute atomic E-state index is 4.67. The lowest BCUT2D eigenvalue weighted by molar-refractivity contribution is 0.271. The van der Waals surface area contributed by atoms with Gasteiger partial charge in [-0.3, -0.25) is 4.90 Å². The SMILES string of the molecule is CCN1CCC[C@H]1c1ccc(N(C)c2ccccc2)nc1. The number of aromatic nitrogens is 1. The highest BCUT2D eigenvalue weighted by Gasteiger charge is 2.24. The molecule has 21 heavy (non-hydrogen) atoms. The fraction of sp³-hybridized carbons (Fsp3) is 0.389. The van der Waals surface area contributed by atoms with Gasteiger partial charge < -0.3 is 4.90 Å². The van der Waals surface area contributed by atoms with Crippen LogP contribution in [0.5, 0.6) is 0 Å². The van der Waals surface area contributed by atoms with E-state index in [9.17, 15) is 0 Å². The number of para-hydroxylation sites is 1. The predicted molar refractivity (Wildman–Crippen MR) is 88.0 cm³/mol. The first kappa shape index (κ1) is 14.1. The van der Waals surface area contributed by atoms with Gasteiger partial charge in [-0.15, -0.1) is 0 Å². The van der Waals surface area contributed by atoms with Gasteiger partial charge in [0.05, 0.1) is 0 Å². The zero-order chi connectivity index (χ0) is 14.7. The molecule has 0 spiro atoms. The molecule has 1 aliphatic rings. The van der Waals surface area contributed by atoms with E-state index in [0.29, 0.717) is 6.04 Å². The maximum Gasteiger partial charge on any atom is 0.132 e. The monoisotopic (exact) mass is 281 g/mol. The second-order valence-corrected chi connectivity index (χ2v) is 5.63. The predicted octanol–water partition coefficient (Wildman–Crippen LogP) is 4.01. The third-order valence-corrected chi connectivity index (χ3v) is 4.41. The molecule has 0 saturated carbocycles. The van der Waals surface area contributed by atoms with Gasteiger partial charge in [0.1, 0.15) is 5.82 Å². The van der Waals surface area contributed by atoms with E-state index in [1.807, 2.05) is 12.3 Å². The van der Waals surface area contributed by atoms with E-state index in [4.69, 9.17) is 0 Å². The second kappa shape index (κ2) is 6.27. The van der Waals surface area contributed by atoms with Crippen molar-refractivity contribution in [3.8, 4) is 0 Å². The highest BCUT2D eigenvalue weighted by Crippen LogP contribution is 2.32. The number of anilines is 2. The first-order valence-corrected chi connectivity index (χ1v) is 7.78. The molecule has 1 aromatic heterocycles. The van der Waals surface area contributed by atoms with E-state index in [1.165, 1.54) is 24.9 Å². The minimum atomic E-state index is 0.554. The topological polar surface area (TPSA) is 19.4 Å². The number of pyridine rings is 1. The van der Waals surface area contributed by atoms with Crippen molar-refractivity contribution in [3.63, 3.8) is 0 Å². The Hall–Kier alpha value is -1.87. The molecule has 1 saturated heterocycles. The third kappa shape index (κ3) is 2.93. The van der Waals surface area contributed by atoms with Crippen LogP contribution in [0.3, 0.4) is 0 Å². The summed E-state index contributed by atoms with van der Waals surface area (Å²) in [5.74, 6) is 0.992. The van der Waals surface area contributed by atoms with E-state index in [2.05, 4.69) is 65.2 Å². The minimum absolute atomic E-state index is 0.554. The Kier molecular flexibility index (Phi) is 4.20. The van der Waals surface area contributed by atoms with Crippen molar-refractivity contribution < 1.29 is 0 Å². The molecule has 110 valence electrons. The van der Waals surface area contributed by atoms with Crippen LogP contribution in [0.1, 0.15) is 31.4 Å². The van der Waals surface area contributed by atoms with E-state index in [1.54, 1.807) is 0 Å². The van der Waals surface area contributed by atoms with E-state index in [-0.39, 0.29) is 0 Å². The van der Waals surface area contributed by atoms with Crippen molar-refractivity contribution in [2.45, 2.75) is 25.8 Å². The molecule has 3 heteroatoms. The van der Waals surface area contributed by atoms with Crippen molar-refractivity contribution in [3.05, 3.63) is 54.2 Å². The number of hydrogen-bond acceptors (Lipinski definition) is 3. The fourth-order valence-electron chi connectivity index (χ4n) is 3.16. The molecule has 0 radical (unpaired) electrons. The molecule has 1 atom stereocenters. The third-order valence-electron chi connectivity index (χ3n) is 4.41. The summed E-state index contributed by atoms with van der Waals surface area (Å²) in [5.41, 5.74) is 2.51. The average Bonchev–Trinajstić information content (AvgIpc) is 3.04. The van der Waals surface area contributed by atoms with Crippen molar-refractivity contribution in [1.82, 2.24) is 9.88 Å². The fourth-order valence-corrected chi connectivity index (χ4v) is 3.16. The summed E-state index contributed by atoms with van der Waals surface area (Å²) in [4.78, 5) is 9.33. The standard InChI is InChI=1S/C18H23N3/c1-3-21-13-7-10-17(21)15-11-12-18(19-14-15)20(2)16-8-5-4-6-9-16/h4-6,8-9,11-12,14,17H,3,7,10,13H2,1-2H3/t17-/m0/s1. The summed E-state index contributed by atoms with van der Waals surface area (Å²) in [6.45, 7) is 4.58. The lowest BCUT2D eigenvalue weighted by Gasteiger charge is -2.24. The van der Waals surface area contributed by atoms with Gasteiger partial charge in [0.15, 0.2) is 0 Å². The summed E-state index contributed by atoms with van der Waals surface area (Å²) in [5, 5.41) is 0. The summed E-state index contributed by atoms with van der Waals surface area (Å²) in [6, 6.07) is 15.3. The molecule has 1 aromatic carbocycles. The Morgan fingerprint density at radius 1 is 1.19 bits per heavy atom. The molecule has 1 fully saturated rings. The molecule has 2 aromatic rings. The highest BCUT2D eigenvalue weighted by atomic mass is 15.2. The summed E-state index contributed by atoms with van der Waals surface area (Å²) < 4.78 is 0. The molecule has 0 unspecified atom stereocenters. The number of hydrogen-bond donors (Lipinski definition) is 0. The average molecular weight is 281 g/mol. The molecule has 0 bridgehead atoms. The summed E-state index contributed by atoms with van der Waals surface area (Å²) >= 11 is 0. The van der Waals surface area contributed by atoms with E-state index in [0.717, 1.165) is 18.1 Å². The maximum atomic E-state index is 4.67. The van der Waals surface area contributed by atoms with E-state index >= 15 is 0 Å². The van der Waals surface area contributed by atoms with Gasteiger partial charge in [0.25, 0.3) is 0 Å². The molecule has 1 aliphatic heterocycles. The van der Waals surface area contributed by atoms with Gasteiger partial charge in [-0.25, -0.2) is 4.98 Å². The van der Waals surface area contributed by atoms with Crippen LogP contribution in [0.4, 0.5) is 11.5 Å². The molecule has 0 amide bonds. The number of nitrogens with zero attached hydrogens (tertiary/aromatic N) is 3. The van der Waals surface area contributed by atoms with Gasteiger partial charge in [-0.05, 0) is 49.7 Å². The van der Waals surface area contributed by atoms with Crippen LogP contribution in [0, 0.1) is 0 Å². The smallest absolute Gasteiger partial charge is 0.132 e. The Morgan fingerprint density at radius 2 is 2.00 bits per heavy atom. The van der Waals surface area contributed by atoms with Crippen LogP contribution in [0.15, 0.2) is 48.7 Å². The lowest BCUT2D eigenvalue weighted by Crippen LogP contribution is -2.22. The van der Waals surface area contributed by atoms with Gasteiger partial charge in [0.2, 0.25) is 0 Å². The van der Waals surface area contributed by atoms with Crippen LogP contribution >= 0.6 is 0 Å². The quantitative estimate of drug-likeness (QED) is 0.844. The van der Waals surface area contributed by atoms with Crippen molar-refractivity contribution in [2.24, 2.45) is 0 Å². The van der Waals surface area contributed by atoms with Gasteiger partial charge in [-0.1, -0.05) is 31.2 Å². The normalized spacial score (nSPS) is 18.9. The number of benzene rings is 1. The van der Waals surface area contributed by atoms with Crippen LogP contribution < -0.4 is 4.90 Å². The summed E-state index contributed by atoms with van der Waals surface area (Å²) in [6.07, 6.45) is 4.60. The molecule has 3 rings (SSSR count). The number of rotatable bonds is 4. The van der Waals surface area contributed by atoms with Gasteiger partial charge in [-0.2, -0.15) is 0 Å². The molecule has 0 N–H and O–H groups in total. The van der Waals surface area contributed by atoms with Crippen LogP contribution in [-0.4, -0.2) is 30.0 Å². The van der Waals surface area contributed by atoms with Crippen LogP contribution in [0.25, 0.3) is 0 Å². The van der Waals surface area contributed by atoms with Gasteiger partial charge in [0, 0.05) is 25.0 Å². The van der Waals surface area contributed by atoms with Crippen LogP contribution in [-0.2, 0) is 0 Å². The molecular weight excluding hydrogens is 258 g/mol. The lowest BCUT2D eigenvalue weighted by atomic mass is 10.1. The largest absolute Gasteiger partial charge is 0.329 e. The van der Waals surface area contributed by atoms with Crippen molar-refractivity contribution >= 4 is 11.5 Å². The zero-order valence-electron chi connectivity index (χ0n) is 12.9. The Bertz CT molecular complexity index is 565. The van der Waals surface area contributed by atoms with Crippen molar-refractivity contribution in [1.29, 1.82) is 0 Å². The Labute approximate surface area is 127 Å². The van der Waals surface area contributed by atoms with Crippen LogP contribution in [0.2, 0.25) is 0 Å². The highest BCUT2D eigenvalue weighted by molar-refractivity contribution is 5.58. The molecule has 3 nitrogen and oxygen atoms in total. The second-order valence-electron chi connectivity index (χ2n) is 5.63. The first-order valence-electron chi connectivity index (χ1n) is 7.78. The summed E-state index contributed by atoms with van der Waals surface area (Å²) in [7, 11) is 2.06. The first-order chi connectivity index (χ1) is 10.3. The molecule has 0 aliphatic carbocycles. The minimum Gasteiger partial charge on any atom is -0.329 e. The Balaban J connectivity index is 1.78. The zero-order valence-corrected chi connectivity index (χ0v) is 12.9. The molecular formula is C18H23N3. The van der Waals surface area contributed by atoms with Crippen molar-refractivity contribution in [2.75, 3.05) is 25.0 Å². The number of likely N-dealkylation sites (tertiary alicyclic amines) is 1. The van der Waals surface area contributed by atoms with E-state index < -0.39 is 0 Å².